The van der Waals surface area contributed by atoms with Gasteiger partial charge in [0, 0.05) is 65.3 Å². The third-order valence-corrected chi connectivity index (χ3v) is 11.9. The Bertz CT molecular complexity index is 1590. The maximum absolute atomic E-state index is 12.7. The molecule has 0 radical (unpaired) electrons. The number of rotatable bonds is 45. The molecule has 0 aromatic rings. The molecule has 8 N–H and O–H groups in total. The molecular formula is C48H81N3O16. The van der Waals surface area contributed by atoms with Gasteiger partial charge >= 0.3 is 29.8 Å². The zero-order chi connectivity index (χ0) is 50.6. The second-order valence-corrected chi connectivity index (χ2v) is 17.8. The zero-order valence-electron chi connectivity index (χ0n) is 39.8. The molecule has 0 aliphatic rings. The minimum Gasteiger partial charge on any atom is -0.481 e. The predicted molar refractivity (Wildman–Crippen MR) is 248 cm³/mol. The Balaban J connectivity index is 0. The maximum Gasteiger partial charge on any atom is 0.326 e. The van der Waals surface area contributed by atoms with E-state index in [9.17, 15) is 73.2 Å². The molecule has 0 aromatic heterocycles. The summed E-state index contributed by atoms with van der Waals surface area (Å²) in [5.41, 5.74) is 0. The van der Waals surface area contributed by atoms with E-state index in [0.717, 1.165) is 64.2 Å². The van der Waals surface area contributed by atoms with Crippen LogP contribution in [0.5, 0.6) is 0 Å². The number of carboxylic acid groups (broad SMARTS) is 5. The Labute approximate surface area is 396 Å². The highest BCUT2D eigenvalue weighted by molar-refractivity contribution is 5.88. The number of hydrogen-bond acceptors (Lipinski definition) is 11. The first-order chi connectivity index (χ1) is 31.7. The largest absolute Gasteiger partial charge is 0.481 e. The second-order valence-electron chi connectivity index (χ2n) is 17.8. The van der Waals surface area contributed by atoms with E-state index in [1.54, 1.807) is 0 Å². The fourth-order valence-corrected chi connectivity index (χ4v) is 7.43. The molecule has 384 valence electrons. The Kier molecular flexibility index (Phi) is 34.9. The summed E-state index contributed by atoms with van der Waals surface area (Å²) in [4.78, 5) is 132. The van der Waals surface area contributed by atoms with Gasteiger partial charge in [0.25, 0.3) is 0 Å². The number of carboxylic acids is 5. The van der Waals surface area contributed by atoms with Gasteiger partial charge in [-0.2, -0.15) is 0 Å². The molecule has 0 fully saturated rings. The van der Waals surface area contributed by atoms with Crippen LogP contribution in [-0.2, 0) is 52.7 Å². The summed E-state index contributed by atoms with van der Waals surface area (Å²) in [7, 11) is 0. The molecule has 19 heteroatoms. The number of nitrogens with one attached hydrogen (secondary N) is 3. The van der Waals surface area contributed by atoms with Crippen molar-refractivity contribution in [3.8, 4) is 0 Å². The number of Topliss-reactive ketones (excluding diaryl/α,β-unsaturated/α-hetero) is 3. The molecule has 0 aromatic carbocycles. The number of carbonyl (C=O) groups is 11. The Hall–Kier alpha value is -5.23. The van der Waals surface area contributed by atoms with Gasteiger partial charge in [0.2, 0.25) is 17.7 Å². The highest BCUT2D eigenvalue weighted by Gasteiger charge is 2.28. The molecule has 0 heterocycles. The van der Waals surface area contributed by atoms with E-state index in [1.165, 1.54) is 32.6 Å². The Morgan fingerprint density at radius 2 is 0.776 bits per heavy atom. The van der Waals surface area contributed by atoms with Gasteiger partial charge in [0.05, 0.1) is 11.8 Å². The summed E-state index contributed by atoms with van der Waals surface area (Å²) in [5, 5.41) is 54.4. The van der Waals surface area contributed by atoms with Crippen LogP contribution in [0.3, 0.4) is 0 Å². The number of aliphatic carboxylic acids is 5. The SMILES string of the molecule is CC(=O)[C@@H](C)CCCCNC(=O)CC[C@H](NC(=O)CC[C@H](CC(=O)CC[C@H](NC(=O)CC[C@H](CC(=O)CCCCCCCCCCCCCCCCC(=O)O)C(=O)O)C(=O)O)C(=O)O)C(=O)O.[HH]. The van der Waals surface area contributed by atoms with Crippen molar-refractivity contribution in [1.82, 2.24) is 16.0 Å². The normalized spacial score (nSPS) is 13.3. The van der Waals surface area contributed by atoms with Gasteiger partial charge in [-0.05, 0) is 58.3 Å². The van der Waals surface area contributed by atoms with Crippen LogP contribution < -0.4 is 16.0 Å². The van der Waals surface area contributed by atoms with E-state index >= 15 is 0 Å². The third kappa shape index (κ3) is 34.7. The maximum atomic E-state index is 12.7. The Morgan fingerprint density at radius 3 is 1.16 bits per heavy atom. The molecule has 0 spiro atoms. The first-order valence-corrected chi connectivity index (χ1v) is 24.3. The average molecular weight is 956 g/mol. The van der Waals surface area contributed by atoms with Crippen molar-refractivity contribution in [3.63, 3.8) is 0 Å². The van der Waals surface area contributed by atoms with Crippen molar-refractivity contribution in [2.45, 2.75) is 212 Å². The van der Waals surface area contributed by atoms with Crippen LogP contribution in [0, 0.1) is 17.8 Å². The predicted octanol–water partition coefficient (Wildman–Crippen LogP) is 6.65. The van der Waals surface area contributed by atoms with E-state index in [-0.39, 0.29) is 70.3 Å². The van der Waals surface area contributed by atoms with Gasteiger partial charge in [-0.1, -0.05) is 90.4 Å². The van der Waals surface area contributed by atoms with Gasteiger partial charge in [-0.25, -0.2) is 9.59 Å². The summed E-state index contributed by atoms with van der Waals surface area (Å²) in [6, 6.07) is -2.98. The van der Waals surface area contributed by atoms with Gasteiger partial charge in [-0.3, -0.25) is 43.2 Å². The highest BCUT2D eigenvalue weighted by atomic mass is 16.4. The van der Waals surface area contributed by atoms with Crippen molar-refractivity contribution in [2.24, 2.45) is 17.8 Å². The summed E-state index contributed by atoms with van der Waals surface area (Å²) < 4.78 is 0. The number of carbonyl (C=O) groups excluding carboxylic acids is 6. The average Bonchev–Trinajstić information content (AvgIpc) is 3.25. The summed E-state index contributed by atoms with van der Waals surface area (Å²) in [6.07, 6.45) is 13.3. The lowest BCUT2D eigenvalue weighted by Crippen LogP contribution is -2.42. The van der Waals surface area contributed by atoms with Crippen molar-refractivity contribution in [2.75, 3.05) is 6.54 Å². The van der Waals surface area contributed by atoms with Crippen molar-refractivity contribution >= 4 is 64.9 Å². The fourth-order valence-electron chi connectivity index (χ4n) is 7.43. The molecule has 0 saturated heterocycles. The summed E-state index contributed by atoms with van der Waals surface area (Å²) >= 11 is 0. The lowest BCUT2D eigenvalue weighted by molar-refractivity contribution is -0.145. The van der Waals surface area contributed by atoms with E-state index < -0.39 is 103 Å². The summed E-state index contributed by atoms with van der Waals surface area (Å²) in [6.45, 7) is 3.67. The second kappa shape index (κ2) is 37.8. The van der Waals surface area contributed by atoms with Crippen LogP contribution in [0.2, 0.25) is 0 Å². The highest BCUT2D eigenvalue weighted by Crippen LogP contribution is 2.19. The van der Waals surface area contributed by atoms with E-state index in [0.29, 0.717) is 25.8 Å². The summed E-state index contributed by atoms with van der Waals surface area (Å²) in [5.74, 6) is -11.7. The van der Waals surface area contributed by atoms with Gasteiger partial charge in [0.1, 0.15) is 29.4 Å². The van der Waals surface area contributed by atoms with E-state index in [1.807, 2.05) is 6.92 Å². The molecule has 0 aliphatic heterocycles. The minimum atomic E-state index is -1.55. The molecule has 0 aliphatic carbocycles. The van der Waals surface area contributed by atoms with Crippen LogP contribution in [0.25, 0.3) is 0 Å². The van der Waals surface area contributed by atoms with Crippen LogP contribution in [0.15, 0.2) is 0 Å². The van der Waals surface area contributed by atoms with Crippen molar-refractivity contribution in [1.29, 1.82) is 0 Å². The Morgan fingerprint density at radius 1 is 0.403 bits per heavy atom. The first-order valence-electron chi connectivity index (χ1n) is 24.3. The molecule has 0 bridgehead atoms. The third-order valence-electron chi connectivity index (χ3n) is 11.9. The number of hydrogen-bond donors (Lipinski definition) is 8. The molecule has 19 nitrogen and oxygen atoms in total. The quantitative estimate of drug-likeness (QED) is 0.0296. The van der Waals surface area contributed by atoms with Crippen LogP contribution in [0.1, 0.15) is 201 Å². The van der Waals surface area contributed by atoms with E-state index in [4.69, 9.17) is 5.11 Å². The molecule has 0 rings (SSSR count). The number of amides is 3. The molecular weight excluding hydrogens is 875 g/mol. The number of ketones is 3. The van der Waals surface area contributed by atoms with Crippen LogP contribution >= 0.6 is 0 Å². The zero-order valence-corrected chi connectivity index (χ0v) is 39.8. The lowest BCUT2D eigenvalue weighted by Gasteiger charge is -2.17. The van der Waals surface area contributed by atoms with Crippen molar-refractivity contribution < 1.29 is 79.7 Å². The molecule has 3 amide bonds. The fraction of sp³-hybridized carbons (Fsp3) is 0.771. The standard InChI is InChI=1S/C48H79N3O16.H2/c1-33(34(2)52)19-17-18-30-49-41(55)29-26-40(48(66)67)51-43(57)28-23-36(46(62)63)32-38(54)24-25-39(47(64)65)50-42(56)27-22-35(45(60)61)31-37(53)20-15-13-11-9-7-5-3-4-6-8-10-12-14-16-21-44(58)59;/h33,35-36,39-40H,3-32H2,1-2H3,(H,49,55)(H,50,56)(H,51,57)(H,58,59)(H,60,61)(H,62,63)(H,64,65)(H,66,67);1H/t33-,35+,36+,39-,40-;/m0./s1. The molecule has 67 heavy (non-hydrogen) atoms. The molecule has 5 atom stereocenters. The molecule has 0 unspecified atom stereocenters. The van der Waals surface area contributed by atoms with Gasteiger partial charge in [0.15, 0.2) is 0 Å². The van der Waals surface area contributed by atoms with Gasteiger partial charge < -0.3 is 41.5 Å². The monoisotopic (exact) mass is 956 g/mol. The van der Waals surface area contributed by atoms with Crippen molar-refractivity contribution in [3.05, 3.63) is 0 Å². The van der Waals surface area contributed by atoms with E-state index in [2.05, 4.69) is 16.0 Å². The molecule has 0 saturated carbocycles. The van der Waals surface area contributed by atoms with Crippen LogP contribution in [-0.4, -0.2) is 109 Å². The smallest absolute Gasteiger partial charge is 0.326 e. The van der Waals surface area contributed by atoms with Crippen LogP contribution in [0.4, 0.5) is 0 Å². The lowest BCUT2D eigenvalue weighted by atomic mass is 9.94. The topological polar surface area (TPSA) is 325 Å². The minimum absolute atomic E-state index is 0. The number of unbranched alkanes of at least 4 members (excludes halogenated alkanes) is 14. The first kappa shape index (κ1) is 61.8. The van der Waals surface area contributed by atoms with Gasteiger partial charge in [-0.15, -0.1) is 0 Å².